The number of benzene rings is 1. The second-order valence-corrected chi connectivity index (χ2v) is 5.07. The van der Waals surface area contributed by atoms with Crippen molar-refractivity contribution in [2.45, 2.75) is 25.8 Å². The quantitative estimate of drug-likeness (QED) is 0.872. The summed E-state index contributed by atoms with van der Waals surface area (Å²) in [6, 6.07) is 8.43. The molecule has 0 aliphatic heterocycles. The fourth-order valence-corrected chi connectivity index (χ4v) is 2.08. The lowest BCUT2D eigenvalue weighted by Crippen LogP contribution is -2.31. The normalized spacial score (nSPS) is 14.8. The van der Waals surface area contributed by atoms with Gasteiger partial charge in [0.15, 0.2) is 0 Å². The standard InChI is InChI=1S/C13H20BrNO/c1-10(7-8-16-2)13(15)9-11-5-3-4-6-12(11)14/h3-6,10,13H,7-9,15H2,1-2H3. The Balaban J connectivity index is 2.50. The summed E-state index contributed by atoms with van der Waals surface area (Å²) in [4.78, 5) is 0. The molecule has 0 heterocycles. The molecule has 0 radical (unpaired) electrons. The zero-order valence-electron chi connectivity index (χ0n) is 9.95. The molecule has 2 atom stereocenters. The van der Waals surface area contributed by atoms with Gasteiger partial charge in [-0.25, -0.2) is 0 Å². The third-order valence-electron chi connectivity index (χ3n) is 2.92. The monoisotopic (exact) mass is 285 g/mol. The summed E-state index contributed by atoms with van der Waals surface area (Å²) in [7, 11) is 1.73. The van der Waals surface area contributed by atoms with Gasteiger partial charge in [-0.2, -0.15) is 0 Å². The number of hydrogen-bond acceptors (Lipinski definition) is 2. The Morgan fingerprint density at radius 3 is 2.69 bits per heavy atom. The van der Waals surface area contributed by atoms with E-state index in [0.29, 0.717) is 5.92 Å². The fourth-order valence-electron chi connectivity index (χ4n) is 1.64. The Kier molecular flexibility index (Phi) is 6.03. The summed E-state index contributed by atoms with van der Waals surface area (Å²) < 4.78 is 6.21. The molecule has 0 saturated heterocycles. The number of methoxy groups -OCH3 is 1. The van der Waals surface area contributed by atoms with Gasteiger partial charge >= 0.3 is 0 Å². The average molecular weight is 286 g/mol. The minimum Gasteiger partial charge on any atom is -0.385 e. The number of rotatable bonds is 6. The molecule has 0 amide bonds. The Morgan fingerprint density at radius 2 is 2.06 bits per heavy atom. The van der Waals surface area contributed by atoms with E-state index in [-0.39, 0.29) is 6.04 Å². The van der Waals surface area contributed by atoms with Crippen molar-refractivity contribution >= 4 is 15.9 Å². The first-order valence-electron chi connectivity index (χ1n) is 5.63. The average Bonchev–Trinajstić information content (AvgIpc) is 2.28. The van der Waals surface area contributed by atoms with Crippen molar-refractivity contribution < 1.29 is 4.74 Å². The number of halogens is 1. The van der Waals surface area contributed by atoms with Gasteiger partial charge in [0.2, 0.25) is 0 Å². The number of hydrogen-bond donors (Lipinski definition) is 1. The fraction of sp³-hybridized carbons (Fsp3) is 0.538. The highest BCUT2D eigenvalue weighted by Crippen LogP contribution is 2.19. The first-order chi connectivity index (χ1) is 7.65. The van der Waals surface area contributed by atoms with Gasteiger partial charge in [-0.3, -0.25) is 0 Å². The van der Waals surface area contributed by atoms with Crippen molar-refractivity contribution in [3.05, 3.63) is 34.3 Å². The molecule has 1 aromatic carbocycles. The molecule has 2 nitrogen and oxygen atoms in total. The SMILES string of the molecule is COCCC(C)C(N)Cc1ccccc1Br. The summed E-state index contributed by atoms with van der Waals surface area (Å²) in [6.45, 7) is 2.96. The Morgan fingerprint density at radius 1 is 1.38 bits per heavy atom. The van der Waals surface area contributed by atoms with Crippen LogP contribution in [0.1, 0.15) is 18.9 Å². The Hall–Kier alpha value is -0.380. The van der Waals surface area contributed by atoms with E-state index in [1.54, 1.807) is 7.11 Å². The van der Waals surface area contributed by atoms with Crippen LogP contribution < -0.4 is 5.73 Å². The highest BCUT2D eigenvalue weighted by Gasteiger charge is 2.14. The van der Waals surface area contributed by atoms with Crippen LogP contribution in [0.25, 0.3) is 0 Å². The topological polar surface area (TPSA) is 35.2 Å². The minimum absolute atomic E-state index is 0.189. The maximum atomic E-state index is 6.18. The van der Waals surface area contributed by atoms with Gasteiger partial charge < -0.3 is 10.5 Å². The van der Waals surface area contributed by atoms with Crippen LogP contribution in [0.15, 0.2) is 28.7 Å². The van der Waals surface area contributed by atoms with Gasteiger partial charge in [0, 0.05) is 24.2 Å². The summed E-state index contributed by atoms with van der Waals surface area (Å²) in [6.07, 6.45) is 1.93. The molecule has 0 spiro atoms. The highest BCUT2D eigenvalue weighted by atomic mass is 79.9. The van der Waals surface area contributed by atoms with Crippen LogP contribution in [0.5, 0.6) is 0 Å². The third-order valence-corrected chi connectivity index (χ3v) is 3.70. The van der Waals surface area contributed by atoms with E-state index in [1.165, 1.54) is 5.56 Å². The maximum absolute atomic E-state index is 6.18. The summed E-state index contributed by atoms with van der Waals surface area (Å²) in [5.74, 6) is 0.479. The van der Waals surface area contributed by atoms with Crippen LogP contribution in [-0.4, -0.2) is 19.8 Å². The van der Waals surface area contributed by atoms with Crippen LogP contribution in [0.3, 0.4) is 0 Å². The molecule has 90 valence electrons. The summed E-state index contributed by atoms with van der Waals surface area (Å²) in [5, 5.41) is 0. The molecular weight excluding hydrogens is 266 g/mol. The van der Waals surface area contributed by atoms with Crippen molar-refractivity contribution in [3.8, 4) is 0 Å². The zero-order valence-corrected chi connectivity index (χ0v) is 11.5. The molecule has 0 aliphatic rings. The second-order valence-electron chi connectivity index (χ2n) is 4.22. The maximum Gasteiger partial charge on any atom is 0.0465 e. The molecule has 0 fully saturated rings. The van der Waals surface area contributed by atoms with Gasteiger partial charge in [-0.1, -0.05) is 41.1 Å². The lowest BCUT2D eigenvalue weighted by Gasteiger charge is -2.20. The molecule has 1 rings (SSSR count). The van der Waals surface area contributed by atoms with Crippen LogP contribution in [0.4, 0.5) is 0 Å². The molecule has 2 unspecified atom stereocenters. The van der Waals surface area contributed by atoms with Crippen LogP contribution in [0.2, 0.25) is 0 Å². The van der Waals surface area contributed by atoms with Crippen LogP contribution >= 0.6 is 15.9 Å². The summed E-state index contributed by atoms with van der Waals surface area (Å²) in [5.41, 5.74) is 7.46. The first-order valence-corrected chi connectivity index (χ1v) is 6.42. The van der Waals surface area contributed by atoms with E-state index in [1.807, 2.05) is 12.1 Å². The van der Waals surface area contributed by atoms with Gasteiger partial charge in [0.1, 0.15) is 0 Å². The van der Waals surface area contributed by atoms with Gasteiger partial charge in [0.05, 0.1) is 0 Å². The van der Waals surface area contributed by atoms with Crippen molar-refractivity contribution in [1.82, 2.24) is 0 Å². The number of ether oxygens (including phenoxy) is 1. The molecule has 2 N–H and O–H groups in total. The molecule has 0 saturated carbocycles. The van der Waals surface area contributed by atoms with E-state index < -0.39 is 0 Å². The van der Waals surface area contributed by atoms with Gasteiger partial charge in [-0.15, -0.1) is 0 Å². The largest absolute Gasteiger partial charge is 0.385 e. The highest BCUT2D eigenvalue weighted by molar-refractivity contribution is 9.10. The lowest BCUT2D eigenvalue weighted by atomic mass is 9.93. The van der Waals surface area contributed by atoms with Crippen LogP contribution in [0, 0.1) is 5.92 Å². The Bertz CT molecular complexity index is 317. The van der Waals surface area contributed by atoms with Crippen molar-refractivity contribution in [1.29, 1.82) is 0 Å². The number of nitrogens with two attached hydrogens (primary N) is 1. The van der Waals surface area contributed by atoms with E-state index in [2.05, 4.69) is 35.0 Å². The molecule has 0 bridgehead atoms. The predicted molar refractivity (Wildman–Crippen MR) is 71.5 cm³/mol. The van der Waals surface area contributed by atoms with Gasteiger partial charge in [-0.05, 0) is 30.4 Å². The molecule has 3 heteroatoms. The van der Waals surface area contributed by atoms with E-state index >= 15 is 0 Å². The third kappa shape index (κ3) is 4.24. The molecular formula is C13H20BrNO. The lowest BCUT2D eigenvalue weighted by molar-refractivity contribution is 0.174. The van der Waals surface area contributed by atoms with E-state index in [4.69, 9.17) is 10.5 Å². The van der Waals surface area contributed by atoms with Gasteiger partial charge in [0.25, 0.3) is 0 Å². The molecule has 0 aromatic heterocycles. The molecule has 1 aromatic rings. The van der Waals surface area contributed by atoms with E-state index in [0.717, 1.165) is 23.9 Å². The zero-order chi connectivity index (χ0) is 12.0. The molecule has 0 aliphatic carbocycles. The minimum atomic E-state index is 0.189. The van der Waals surface area contributed by atoms with Crippen molar-refractivity contribution in [2.24, 2.45) is 11.7 Å². The predicted octanol–water partition coefficient (Wildman–Crippen LogP) is 2.99. The van der Waals surface area contributed by atoms with Crippen LogP contribution in [-0.2, 0) is 11.2 Å². The summed E-state index contributed by atoms with van der Waals surface area (Å²) >= 11 is 3.55. The second kappa shape index (κ2) is 7.05. The van der Waals surface area contributed by atoms with E-state index in [9.17, 15) is 0 Å². The smallest absolute Gasteiger partial charge is 0.0465 e. The molecule has 16 heavy (non-hydrogen) atoms. The first kappa shape index (κ1) is 13.7. The van der Waals surface area contributed by atoms with Crippen molar-refractivity contribution in [3.63, 3.8) is 0 Å². The Labute approximate surface area is 106 Å². The van der Waals surface area contributed by atoms with Crippen molar-refractivity contribution in [2.75, 3.05) is 13.7 Å².